The topological polar surface area (TPSA) is 43.8 Å². The summed E-state index contributed by atoms with van der Waals surface area (Å²) < 4.78 is 1.96. The van der Waals surface area contributed by atoms with E-state index in [1.807, 2.05) is 17.8 Å². The minimum Gasteiger partial charge on any atom is -0.326 e. The van der Waals surface area contributed by atoms with E-state index in [9.17, 15) is 0 Å². The summed E-state index contributed by atoms with van der Waals surface area (Å²) in [5.74, 6) is 0. The third-order valence-electron chi connectivity index (χ3n) is 3.04. The molecule has 0 radical (unpaired) electrons. The molecule has 90 valence electrons. The Morgan fingerprint density at radius 3 is 2.35 bits per heavy atom. The van der Waals surface area contributed by atoms with Crippen LogP contribution < -0.4 is 5.73 Å². The normalized spacial score (nSPS) is 10.8. The highest BCUT2D eigenvalue weighted by Gasteiger charge is 2.03. The Kier molecular flexibility index (Phi) is 3.59. The first-order valence-electron chi connectivity index (χ1n) is 6.03. The zero-order chi connectivity index (χ0) is 12.3. The van der Waals surface area contributed by atoms with Gasteiger partial charge in [-0.15, -0.1) is 0 Å². The number of nitrogens with zero attached hydrogens (tertiary/aromatic N) is 2. The van der Waals surface area contributed by atoms with Crippen molar-refractivity contribution < 1.29 is 0 Å². The predicted molar refractivity (Wildman–Crippen MR) is 69.8 cm³/mol. The molecule has 0 unspecified atom stereocenters. The first-order chi connectivity index (χ1) is 8.22. The van der Waals surface area contributed by atoms with Crippen molar-refractivity contribution in [1.82, 2.24) is 9.78 Å². The molecule has 1 aromatic heterocycles. The molecule has 0 aliphatic carbocycles. The van der Waals surface area contributed by atoms with Gasteiger partial charge in [0.2, 0.25) is 0 Å². The second kappa shape index (κ2) is 5.15. The minimum absolute atomic E-state index is 0.556. The fourth-order valence-electron chi connectivity index (χ4n) is 1.91. The Morgan fingerprint density at radius 2 is 1.82 bits per heavy atom. The molecular formula is C14H19N3. The van der Waals surface area contributed by atoms with Gasteiger partial charge in [-0.2, -0.15) is 5.10 Å². The van der Waals surface area contributed by atoms with Crippen LogP contribution in [0.15, 0.2) is 30.5 Å². The van der Waals surface area contributed by atoms with E-state index in [0.717, 1.165) is 24.2 Å². The Morgan fingerprint density at radius 1 is 1.18 bits per heavy atom. The van der Waals surface area contributed by atoms with Crippen LogP contribution in [-0.4, -0.2) is 9.78 Å². The molecule has 0 saturated heterocycles. The average molecular weight is 229 g/mol. The molecule has 3 heteroatoms. The summed E-state index contributed by atoms with van der Waals surface area (Å²) in [6.45, 7) is 5.53. The number of aromatic nitrogens is 2. The van der Waals surface area contributed by atoms with Crippen molar-refractivity contribution in [3.63, 3.8) is 0 Å². The number of nitrogens with two attached hydrogens (primary N) is 1. The van der Waals surface area contributed by atoms with Gasteiger partial charge < -0.3 is 5.73 Å². The molecule has 0 bridgehead atoms. The van der Waals surface area contributed by atoms with Gasteiger partial charge in [-0.3, -0.25) is 4.68 Å². The zero-order valence-electron chi connectivity index (χ0n) is 10.5. The molecule has 1 heterocycles. The third-order valence-corrected chi connectivity index (χ3v) is 3.04. The Labute approximate surface area is 102 Å². The van der Waals surface area contributed by atoms with Gasteiger partial charge in [0.25, 0.3) is 0 Å². The fourth-order valence-corrected chi connectivity index (χ4v) is 1.91. The van der Waals surface area contributed by atoms with Crippen molar-refractivity contribution in [1.29, 1.82) is 0 Å². The maximum atomic E-state index is 5.64. The van der Waals surface area contributed by atoms with Crippen LogP contribution in [0.25, 0.3) is 0 Å². The van der Waals surface area contributed by atoms with Crippen LogP contribution in [0.2, 0.25) is 0 Å². The van der Waals surface area contributed by atoms with Crippen molar-refractivity contribution in [3.8, 4) is 0 Å². The maximum Gasteiger partial charge on any atom is 0.0659 e. The molecule has 17 heavy (non-hydrogen) atoms. The average Bonchev–Trinajstić information content (AvgIpc) is 2.70. The van der Waals surface area contributed by atoms with Gasteiger partial charge in [0, 0.05) is 18.3 Å². The molecule has 0 amide bonds. The molecule has 2 N–H and O–H groups in total. The van der Waals surface area contributed by atoms with E-state index in [-0.39, 0.29) is 0 Å². The summed E-state index contributed by atoms with van der Waals surface area (Å²) in [6, 6.07) is 8.68. The van der Waals surface area contributed by atoms with E-state index in [1.54, 1.807) is 0 Å². The summed E-state index contributed by atoms with van der Waals surface area (Å²) >= 11 is 0. The second-order valence-electron chi connectivity index (χ2n) is 4.31. The molecule has 0 aliphatic heterocycles. The van der Waals surface area contributed by atoms with Crippen molar-refractivity contribution in [2.24, 2.45) is 5.73 Å². The molecule has 0 fully saturated rings. The molecule has 3 nitrogen and oxygen atoms in total. The molecule has 0 saturated carbocycles. The van der Waals surface area contributed by atoms with E-state index in [4.69, 9.17) is 5.73 Å². The quantitative estimate of drug-likeness (QED) is 0.874. The lowest BCUT2D eigenvalue weighted by atomic mass is 10.1. The lowest BCUT2D eigenvalue weighted by Crippen LogP contribution is -2.00. The van der Waals surface area contributed by atoms with Gasteiger partial charge in [0.15, 0.2) is 0 Å². The van der Waals surface area contributed by atoms with Crippen LogP contribution in [0.1, 0.15) is 29.3 Å². The van der Waals surface area contributed by atoms with Gasteiger partial charge in [-0.05, 0) is 24.5 Å². The number of benzene rings is 1. The van der Waals surface area contributed by atoms with E-state index >= 15 is 0 Å². The lowest BCUT2D eigenvalue weighted by Gasteiger charge is -2.03. The standard InChI is InChI=1S/C14H19N3/c1-3-12-4-6-13(7-5-12)9-17-10-14(8-15)11(2)16-17/h4-7,10H,3,8-9,15H2,1-2H3. The highest BCUT2D eigenvalue weighted by atomic mass is 15.3. The minimum atomic E-state index is 0.556. The third kappa shape index (κ3) is 2.74. The molecule has 0 spiro atoms. The SMILES string of the molecule is CCc1ccc(Cn2cc(CN)c(C)n2)cc1. The molecule has 0 aliphatic rings. The molecule has 0 atom stereocenters. The van der Waals surface area contributed by atoms with Gasteiger partial charge >= 0.3 is 0 Å². The number of hydrogen-bond acceptors (Lipinski definition) is 2. The number of aryl methyl sites for hydroxylation is 2. The van der Waals surface area contributed by atoms with Crippen molar-refractivity contribution in [3.05, 3.63) is 52.8 Å². The summed E-state index contributed by atoms with van der Waals surface area (Å²) in [5.41, 5.74) is 10.4. The van der Waals surface area contributed by atoms with Crippen LogP contribution in [0.4, 0.5) is 0 Å². The highest BCUT2D eigenvalue weighted by molar-refractivity contribution is 5.23. The maximum absolute atomic E-state index is 5.64. The molecule has 2 aromatic rings. The number of rotatable bonds is 4. The van der Waals surface area contributed by atoms with Crippen molar-refractivity contribution in [2.75, 3.05) is 0 Å². The zero-order valence-corrected chi connectivity index (χ0v) is 10.5. The Hall–Kier alpha value is -1.61. The first kappa shape index (κ1) is 11.9. The summed E-state index contributed by atoms with van der Waals surface area (Å²) in [7, 11) is 0. The van der Waals surface area contributed by atoms with E-state index in [0.29, 0.717) is 6.54 Å². The van der Waals surface area contributed by atoms with E-state index in [1.165, 1.54) is 11.1 Å². The highest BCUT2D eigenvalue weighted by Crippen LogP contribution is 2.09. The van der Waals surface area contributed by atoms with Crippen molar-refractivity contribution in [2.45, 2.75) is 33.4 Å². The Balaban J connectivity index is 2.13. The van der Waals surface area contributed by atoms with Gasteiger partial charge in [0.1, 0.15) is 0 Å². The predicted octanol–water partition coefficient (Wildman–Crippen LogP) is 2.26. The van der Waals surface area contributed by atoms with Crippen LogP contribution in [0.3, 0.4) is 0 Å². The summed E-state index contributed by atoms with van der Waals surface area (Å²) in [4.78, 5) is 0. The molecular weight excluding hydrogens is 210 g/mol. The monoisotopic (exact) mass is 229 g/mol. The van der Waals surface area contributed by atoms with Crippen molar-refractivity contribution >= 4 is 0 Å². The molecule has 1 aromatic carbocycles. The summed E-state index contributed by atoms with van der Waals surface area (Å²) in [6.07, 6.45) is 3.11. The smallest absolute Gasteiger partial charge is 0.0659 e. The molecule has 2 rings (SSSR count). The lowest BCUT2D eigenvalue weighted by molar-refractivity contribution is 0.679. The fraction of sp³-hybridized carbons (Fsp3) is 0.357. The Bertz CT molecular complexity index is 483. The van der Waals surface area contributed by atoms with Gasteiger partial charge in [-0.25, -0.2) is 0 Å². The van der Waals surface area contributed by atoms with Crippen LogP contribution in [-0.2, 0) is 19.5 Å². The van der Waals surface area contributed by atoms with Crippen LogP contribution in [0, 0.1) is 6.92 Å². The van der Waals surface area contributed by atoms with Gasteiger partial charge in [0.05, 0.1) is 12.2 Å². The van der Waals surface area contributed by atoms with Crippen LogP contribution >= 0.6 is 0 Å². The second-order valence-corrected chi connectivity index (χ2v) is 4.31. The van der Waals surface area contributed by atoms with E-state index in [2.05, 4.69) is 36.3 Å². The number of hydrogen-bond donors (Lipinski definition) is 1. The summed E-state index contributed by atoms with van der Waals surface area (Å²) in [5, 5.41) is 4.46. The largest absolute Gasteiger partial charge is 0.326 e. The van der Waals surface area contributed by atoms with Crippen LogP contribution in [0.5, 0.6) is 0 Å². The van der Waals surface area contributed by atoms with E-state index < -0.39 is 0 Å². The first-order valence-corrected chi connectivity index (χ1v) is 6.03. The van der Waals surface area contributed by atoms with Gasteiger partial charge in [-0.1, -0.05) is 31.2 Å².